The lowest BCUT2D eigenvalue weighted by molar-refractivity contribution is 0.000277. The van der Waals surface area contributed by atoms with E-state index >= 15 is 0 Å². The Bertz CT molecular complexity index is 724. The van der Waals surface area contributed by atoms with Gasteiger partial charge < -0.3 is 24.6 Å². The zero-order chi connectivity index (χ0) is 20.3. The number of hydrogen-bond acceptors (Lipinski definition) is 4. The fourth-order valence-corrected chi connectivity index (χ4v) is 4.97. The minimum Gasteiger partial charge on any atom is -0.497 e. The molecule has 0 aromatic heterocycles. The lowest BCUT2D eigenvalue weighted by Gasteiger charge is -2.38. The summed E-state index contributed by atoms with van der Waals surface area (Å²) in [7, 11) is 1.62. The van der Waals surface area contributed by atoms with Gasteiger partial charge in [0.05, 0.1) is 7.11 Å². The van der Waals surface area contributed by atoms with Crippen molar-refractivity contribution in [2.75, 3.05) is 53.0 Å². The fourth-order valence-electron chi connectivity index (χ4n) is 4.97. The molecule has 0 bridgehead atoms. The Kier molecular flexibility index (Phi) is 5.94. The summed E-state index contributed by atoms with van der Waals surface area (Å²) in [6.45, 7) is 5.15. The number of nitrogens with zero attached hydrogens (tertiary/aromatic N) is 2. The van der Waals surface area contributed by atoms with Gasteiger partial charge in [-0.2, -0.15) is 0 Å². The van der Waals surface area contributed by atoms with Crippen molar-refractivity contribution in [3.63, 3.8) is 0 Å². The molecule has 1 N–H and O–H groups in total. The first kappa shape index (κ1) is 20.0. The molecule has 1 aromatic rings. The summed E-state index contributed by atoms with van der Waals surface area (Å²) in [6, 6.07) is 7.31. The van der Waals surface area contributed by atoms with E-state index in [9.17, 15) is 9.59 Å². The molecule has 7 heteroatoms. The van der Waals surface area contributed by atoms with Crippen LogP contribution in [0.1, 0.15) is 36.0 Å². The summed E-state index contributed by atoms with van der Waals surface area (Å²) < 4.78 is 10.8. The number of nitrogens with one attached hydrogen (secondary N) is 1. The van der Waals surface area contributed by atoms with E-state index < -0.39 is 0 Å². The number of benzene rings is 1. The van der Waals surface area contributed by atoms with Crippen LogP contribution in [0.15, 0.2) is 24.3 Å². The van der Waals surface area contributed by atoms with Crippen molar-refractivity contribution in [1.82, 2.24) is 15.1 Å². The number of hydrogen-bond donors (Lipinski definition) is 1. The molecule has 3 aliphatic rings. The van der Waals surface area contributed by atoms with Gasteiger partial charge in [-0.25, -0.2) is 4.79 Å². The largest absolute Gasteiger partial charge is 0.497 e. The molecular formula is C22H31N3O4. The molecule has 0 radical (unpaired) electrons. The molecule has 1 spiro atoms. The normalized spacial score (nSPS) is 23.4. The standard InChI is InChI=1S/C22H31N3O4/c1-28-19-6-4-17(5-7-19)20(26)25-15-18(22(16-25)8-12-29-13-9-22)14-23-21(27)24-10-2-3-11-24/h4-7,18H,2-3,8-16H2,1H3,(H,23,27). The number of rotatable bonds is 4. The van der Waals surface area contributed by atoms with Crippen molar-refractivity contribution >= 4 is 11.9 Å². The summed E-state index contributed by atoms with van der Waals surface area (Å²) in [5, 5.41) is 3.14. The summed E-state index contributed by atoms with van der Waals surface area (Å²) in [5.74, 6) is 1.04. The maximum Gasteiger partial charge on any atom is 0.317 e. The number of ether oxygens (including phenoxy) is 2. The highest BCUT2D eigenvalue weighted by Crippen LogP contribution is 2.44. The maximum atomic E-state index is 13.1. The number of carbonyl (C=O) groups is 2. The molecule has 1 unspecified atom stereocenters. The number of amides is 3. The number of urea groups is 1. The predicted octanol–water partition coefficient (Wildman–Crippen LogP) is 2.37. The van der Waals surface area contributed by atoms with Gasteiger partial charge in [0, 0.05) is 57.4 Å². The Morgan fingerprint density at radius 2 is 1.83 bits per heavy atom. The van der Waals surface area contributed by atoms with Crippen molar-refractivity contribution in [3.05, 3.63) is 29.8 Å². The van der Waals surface area contributed by atoms with Gasteiger partial charge in [0.1, 0.15) is 5.75 Å². The second kappa shape index (κ2) is 8.61. The van der Waals surface area contributed by atoms with Crippen LogP contribution in [0.3, 0.4) is 0 Å². The molecule has 3 saturated heterocycles. The second-order valence-corrected chi connectivity index (χ2v) is 8.47. The van der Waals surface area contributed by atoms with Crippen molar-refractivity contribution in [1.29, 1.82) is 0 Å². The molecule has 0 saturated carbocycles. The molecule has 29 heavy (non-hydrogen) atoms. The third-order valence-corrected chi connectivity index (χ3v) is 6.82. The van der Waals surface area contributed by atoms with Crippen LogP contribution >= 0.6 is 0 Å². The Balaban J connectivity index is 1.44. The zero-order valence-electron chi connectivity index (χ0n) is 17.2. The zero-order valence-corrected chi connectivity index (χ0v) is 17.2. The highest BCUT2D eigenvalue weighted by atomic mass is 16.5. The first-order valence-corrected chi connectivity index (χ1v) is 10.7. The number of carbonyl (C=O) groups excluding carboxylic acids is 2. The second-order valence-electron chi connectivity index (χ2n) is 8.47. The fraction of sp³-hybridized carbons (Fsp3) is 0.636. The van der Waals surface area contributed by atoms with Crippen LogP contribution in [0.5, 0.6) is 5.75 Å². The monoisotopic (exact) mass is 401 g/mol. The van der Waals surface area contributed by atoms with Gasteiger partial charge in [0.2, 0.25) is 0 Å². The van der Waals surface area contributed by atoms with E-state index in [2.05, 4.69) is 5.32 Å². The third kappa shape index (κ3) is 4.20. The summed E-state index contributed by atoms with van der Waals surface area (Å²) in [6.07, 6.45) is 4.04. The van der Waals surface area contributed by atoms with E-state index in [0.717, 1.165) is 64.3 Å². The first-order valence-electron chi connectivity index (χ1n) is 10.7. The molecule has 3 fully saturated rings. The first-order chi connectivity index (χ1) is 14.1. The molecule has 3 aliphatic heterocycles. The summed E-state index contributed by atoms with van der Waals surface area (Å²) in [4.78, 5) is 29.4. The van der Waals surface area contributed by atoms with Crippen LogP contribution in [0.4, 0.5) is 4.79 Å². The molecule has 4 rings (SSSR count). The van der Waals surface area contributed by atoms with E-state index in [-0.39, 0.29) is 23.3 Å². The van der Waals surface area contributed by atoms with E-state index in [1.54, 1.807) is 7.11 Å². The van der Waals surface area contributed by atoms with Gasteiger partial charge in [-0.15, -0.1) is 0 Å². The molecule has 0 aliphatic carbocycles. The van der Waals surface area contributed by atoms with E-state index in [1.807, 2.05) is 34.1 Å². The van der Waals surface area contributed by atoms with Crippen molar-refractivity contribution in [2.45, 2.75) is 25.7 Å². The van der Waals surface area contributed by atoms with Crippen LogP contribution in [0.2, 0.25) is 0 Å². The van der Waals surface area contributed by atoms with Crippen LogP contribution < -0.4 is 10.1 Å². The lowest BCUT2D eigenvalue weighted by atomic mass is 9.72. The van der Waals surface area contributed by atoms with Crippen LogP contribution in [-0.4, -0.2) is 74.8 Å². The third-order valence-electron chi connectivity index (χ3n) is 6.82. The van der Waals surface area contributed by atoms with Crippen LogP contribution in [0.25, 0.3) is 0 Å². The summed E-state index contributed by atoms with van der Waals surface area (Å²) >= 11 is 0. The highest BCUT2D eigenvalue weighted by Gasteiger charge is 2.48. The number of likely N-dealkylation sites (tertiary alicyclic amines) is 2. The van der Waals surface area contributed by atoms with E-state index in [0.29, 0.717) is 18.7 Å². The molecule has 1 atom stereocenters. The summed E-state index contributed by atoms with van der Waals surface area (Å²) in [5.41, 5.74) is 0.702. The Hall–Kier alpha value is -2.28. The minimum absolute atomic E-state index is 0.0265. The SMILES string of the molecule is COc1ccc(C(=O)N2CC(CNC(=O)N3CCCC3)C3(CCOCC3)C2)cc1. The molecule has 3 heterocycles. The molecule has 7 nitrogen and oxygen atoms in total. The van der Waals surface area contributed by atoms with Gasteiger partial charge in [-0.1, -0.05) is 0 Å². The van der Waals surface area contributed by atoms with Crippen LogP contribution in [-0.2, 0) is 4.74 Å². The average molecular weight is 402 g/mol. The Morgan fingerprint density at radius 1 is 1.14 bits per heavy atom. The van der Waals surface area contributed by atoms with Gasteiger partial charge in [-0.3, -0.25) is 4.79 Å². The van der Waals surface area contributed by atoms with Gasteiger partial charge in [-0.05, 0) is 55.4 Å². The van der Waals surface area contributed by atoms with Crippen molar-refractivity contribution in [3.8, 4) is 5.75 Å². The molecule has 1 aromatic carbocycles. The molecule has 3 amide bonds. The Morgan fingerprint density at radius 3 is 2.48 bits per heavy atom. The van der Waals surface area contributed by atoms with Crippen molar-refractivity contribution < 1.29 is 19.1 Å². The highest BCUT2D eigenvalue weighted by molar-refractivity contribution is 5.94. The quantitative estimate of drug-likeness (QED) is 0.841. The topological polar surface area (TPSA) is 71.1 Å². The van der Waals surface area contributed by atoms with Gasteiger partial charge >= 0.3 is 6.03 Å². The molecular weight excluding hydrogens is 370 g/mol. The smallest absolute Gasteiger partial charge is 0.317 e. The average Bonchev–Trinajstić information content (AvgIpc) is 3.41. The predicted molar refractivity (Wildman–Crippen MR) is 109 cm³/mol. The van der Waals surface area contributed by atoms with Crippen LogP contribution in [0, 0.1) is 11.3 Å². The number of methoxy groups -OCH3 is 1. The van der Waals surface area contributed by atoms with E-state index in [4.69, 9.17) is 9.47 Å². The maximum absolute atomic E-state index is 13.1. The van der Waals surface area contributed by atoms with E-state index in [1.165, 1.54) is 0 Å². The van der Waals surface area contributed by atoms with Crippen molar-refractivity contribution in [2.24, 2.45) is 11.3 Å². The molecule has 158 valence electrons. The lowest BCUT2D eigenvalue weighted by Crippen LogP contribution is -2.45. The Labute approximate surface area is 172 Å². The van der Waals surface area contributed by atoms with Gasteiger partial charge in [0.15, 0.2) is 0 Å². The minimum atomic E-state index is 0.0265. The van der Waals surface area contributed by atoms with Gasteiger partial charge in [0.25, 0.3) is 5.91 Å².